The number of carbonyl (C=O) groups is 1. The van der Waals surface area contributed by atoms with E-state index in [-0.39, 0.29) is 18.0 Å². The van der Waals surface area contributed by atoms with Crippen molar-refractivity contribution in [1.82, 2.24) is 4.90 Å². The summed E-state index contributed by atoms with van der Waals surface area (Å²) in [5.41, 5.74) is 4.77. The van der Waals surface area contributed by atoms with Crippen LogP contribution >= 0.6 is 0 Å². The fraction of sp³-hybridized carbons (Fsp3) is 0.526. The van der Waals surface area contributed by atoms with Crippen molar-refractivity contribution in [1.29, 1.82) is 0 Å². The van der Waals surface area contributed by atoms with Crippen molar-refractivity contribution < 1.29 is 9.21 Å². The van der Waals surface area contributed by atoms with Crippen LogP contribution in [0.4, 0.5) is 0 Å². The first-order chi connectivity index (χ1) is 10.5. The van der Waals surface area contributed by atoms with Crippen molar-refractivity contribution >= 4 is 16.9 Å². The Hall–Kier alpha value is -1.77. The van der Waals surface area contributed by atoms with Gasteiger partial charge < -0.3 is 9.32 Å². The van der Waals surface area contributed by atoms with Crippen molar-refractivity contribution in [2.75, 3.05) is 0 Å². The van der Waals surface area contributed by atoms with Crippen molar-refractivity contribution in [3.8, 4) is 0 Å². The van der Waals surface area contributed by atoms with Crippen molar-refractivity contribution in [3.63, 3.8) is 0 Å². The van der Waals surface area contributed by atoms with Gasteiger partial charge in [-0.25, -0.2) is 0 Å². The lowest BCUT2D eigenvalue weighted by atomic mass is 10.0. The monoisotopic (exact) mass is 299 g/mol. The molecule has 3 heteroatoms. The minimum atomic E-state index is 0.174. The van der Waals surface area contributed by atoms with Gasteiger partial charge in [0.05, 0.1) is 12.7 Å². The molecule has 118 valence electrons. The van der Waals surface area contributed by atoms with Gasteiger partial charge in [0.2, 0.25) is 5.91 Å². The van der Waals surface area contributed by atoms with Gasteiger partial charge in [-0.1, -0.05) is 0 Å². The van der Waals surface area contributed by atoms with Crippen LogP contribution in [0, 0.1) is 0 Å². The maximum Gasteiger partial charge on any atom is 0.227 e. The quantitative estimate of drug-likeness (QED) is 0.851. The maximum atomic E-state index is 12.7. The highest BCUT2D eigenvalue weighted by Crippen LogP contribution is 2.30. The summed E-state index contributed by atoms with van der Waals surface area (Å²) in [7, 11) is 0. The minimum absolute atomic E-state index is 0.174. The molecule has 0 N–H and O–H groups in total. The number of amides is 1. The molecule has 1 heterocycles. The molecule has 1 aliphatic rings. The summed E-state index contributed by atoms with van der Waals surface area (Å²) in [5, 5.41) is 1.11. The van der Waals surface area contributed by atoms with E-state index in [1.165, 1.54) is 17.5 Å². The van der Waals surface area contributed by atoms with Gasteiger partial charge in [-0.15, -0.1) is 0 Å². The third kappa shape index (κ3) is 2.65. The summed E-state index contributed by atoms with van der Waals surface area (Å²) in [4.78, 5) is 14.6. The molecular formula is C19H25NO2. The SMILES string of the molecule is CC(C)N(C(=O)Cc1coc2cc3c(cc12)CCC3)C(C)C. The molecule has 0 saturated carbocycles. The molecule has 22 heavy (non-hydrogen) atoms. The number of aryl methyl sites for hydroxylation is 2. The van der Waals surface area contributed by atoms with Gasteiger partial charge in [-0.05, 0) is 70.2 Å². The molecule has 1 amide bonds. The fourth-order valence-corrected chi connectivity index (χ4v) is 3.71. The van der Waals surface area contributed by atoms with Crippen molar-refractivity contribution in [3.05, 3.63) is 35.1 Å². The molecule has 1 aromatic heterocycles. The molecule has 3 nitrogen and oxygen atoms in total. The van der Waals surface area contributed by atoms with Gasteiger partial charge in [0.1, 0.15) is 5.58 Å². The highest BCUT2D eigenvalue weighted by atomic mass is 16.3. The second-order valence-corrected chi connectivity index (χ2v) is 6.90. The average molecular weight is 299 g/mol. The molecular weight excluding hydrogens is 274 g/mol. The van der Waals surface area contributed by atoms with Gasteiger partial charge in [0.15, 0.2) is 0 Å². The fourth-order valence-electron chi connectivity index (χ4n) is 3.71. The van der Waals surface area contributed by atoms with Crippen LogP contribution in [0.1, 0.15) is 50.8 Å². The third-order valence-electron chi connectivity index (χ3n) is 4.61. The zero-order valence-corrected chi connectivity index (χ0v) is 14.0. The number of fused-ring (bicyclic) bond motifs is 2. The normalized spacial score (nSPS) is 14.1. The van der Waals surface area contributed by atoms with E-state index in [4.69, 9.17) is 4.42 Å². The first-order valence-corrected chi connectivity index (χ1v) is 8.30. The molecule has 2 aromatic rings. The number of carbonyl (C=O) groups excluding carboxylic acids is 1. The second-order valence-electron chi connectivity index (χ2n) is 6.90. The Kier molecular flexibility index (Phi) is 3.98. The Labute approximate surface area is 132 Å². The van der Waals surface area contributed by atoms with E-state index in [2.05, 4.69) is 39.8 Å². The highest BCUT2D eigenvalue weighted by Gasteiger charge is 2.22. The number of hydrogen-bond acceptors (Lipinski definition) is 2. The van der Waals surface area contributed by atoms with E-state index in [1.54, 1.807) is 6.26 Å². The molecule has 0 spiro atoms. The Balaban J connectivity index is 1.89. The molecule has 3 rings (SSSR count). The smallest absolute Gasteiger partial charge is 0.227 e. The maximum absolute atomic E-state index is 12.7. The largest absolute Gasteiger partial charge is 0.464 e. The first kappa shape index (κ1) is 15.1. The molecule has 0 radical (unpaired) electrons. The van der Waals surface area contributed by atoms with Crippen LogP contribution in [0.2, 0.25) is 0 Å². The molecule has 0 atom stereocenters. The number of rotatable bonds is 4. The zero-order valence-electron chi connectivity index (χ0n) is 14.0. The number of nitrogens with zero attached hydrogens (tertiary/aromatic N) is 1. The van der Waals surface area contributed by atoms with E-state index >= 15 is 0 Å². The summed E-state index contributed by atoms with van der Waals surface area (Å²) in [6, 6.07) is 4.83. The molecule has 0 aliphatic heterocycles. The van der Waals surface area contributed by atoms with Gasteiger partial charge in [-0.3, -0.25) is 4.79 Å². The molecule has 0 bridgehead atoms. The Morgan fingerprint density at radius 3 is 2.41 bits per heavy atom. The van der Waals surface area contributed by atoms with Crippen LogP contribution in [0.15, 0.2) is 22.8 Å². The minimum Gasteiger partial charge on any atom is -0.464 e. The van der Waals surface area contributed by atoms with Crippen LogP contribution in [0.25, 0.3) is 11.0 Å². The van der Waals surface area contributed by atoms with Crippen LogP contribution in [0.5, 0.6) is 0 Å². The number of furan rings is 1. The summed E-state index contributed by atoms with van der Waals surface area (Å²) >= 11 is 0. The summed E-state index contributed by atoms with van der Waals surface area (Å²) in [6.07, 6.45) is 5.70. The Morgan fingerprint density at radius 1 is 1.14 bits per heavy atom. The summed E-state index contributed by atoms with van der Waals surface area (Å²) in [6.45, 7) is 8.27. The summed E-state index contributed by atoms with van der Waals surface area (Å²) in [5.74, 6) is 0.174. The van der Waals surface area contributed by atoms with E-state index in [0.717, 1.165) is 29.4 Å². The predicted molar refractivity (Wildman–Crippen MR) is 89.1 cm³/mol. The molecule has 0 saturated heterocycles. The first-order valence-electron chi connectivity index (χ1n) is 8.30. The van der Waals surface area contributed by atoms with Crippen LogP contribution in [-0.2, 0) is 24.1 Å². The Morgan fingerprint density at radius 2 is 1.77 bits per heavy atom. The lowest BCUT2D eigenvalue weighted by molar-refractivity contribution is -0.134. The lowest BCUT2D eigenvalue weighted by Gasteiger charge is -2.30. The number of benzene rings is 1. The van der Waals surface area contributed by atoms with Gasteiger partial charge in [0.25, 0.3) is 0 Å². The average Bonchev–Trinajstić information content (AvgIpc) is 3.02. The van der Waals surface area contributed by atoms with E-state index in [9.17, 15) is 4.79 Å². The summed E-state index contributed by atoms with van der Waals surface area (Å²) < 4.78 is 5.71. The number of hydrogen-bond donors (Lipinski definition) is 0. The van der Waals surface area contributed by atoms with Crippen molar-refractivity contribution in [2.45, 2.75) is 65.5 Å². The molecule has 1 aromatic carbocycles. The van der Waals surface area contributed by atoms with Gasteiger partial charge in [-0.2, -0.15) is 0 Å². The van der Waals surface area contributed by atoms with Crippen molar-refractivity contribution in [2.24, 2.45) is 0 Å². The second kappa shape index (κ2) is 5.79. The van der Waals surface area contributed by atoms with E-state index < -0.39 is 0 Å². The van der Waals surface area contributed by atoms with Gasteiger partial charge in [0, 0.05) is 23.0 Å². The highest BCUT2D eigenvalue weighted by molar-refractivity contribution is 5.88. The standard InChI is InChI=1S/C19H25NO2/c1-12(2)20(13(3)4)19(21)10-16-11-22-18-9-15-7-5-6-14(15)8-17(16)18/h8-9,11-13H,5-7,10H2,1-4H3. The van der Waals surface area contributed by atoms with Crippen LogP contribution in [-0.4, -0.2) is 22.9 Å². The molecule has 1 aliphatic carbocycles. The Bertz CT molecular complexity index is 689. The predicted octanol–water partition coefficient (Wildman–Crippen LogP) is 4.11. The lowest BCUT2D eigenvalue weighted by Crippen LogP contribution is -2.42. The van der Waals surface area contributed by atoms with Gasteiger partial charge >= 0.3 is 0 Å². The third-order valence-corrected chi connectivity index (χ3v) is 4.61. The molecule has 0 unspecified atom stereocenters. The topological polar surface area (TPSA) is 33.5 Å². The molecule has 0 fully saturated rings. The van der Waals surface area contributed by atoms with Crippen LogP contribution in [0.3, 0.4) is 0 Å². The van der Waals surface area contributed by atoms with E-state index in [0.29, 0.717) is 6.42 Å². The van der Waals surface area contributed by atoms with Crippen LogP contribution < -0.4 is 0 Å². The van der Waals surface area contributed by atoms with E-state index in [1.807, 2.05) is 4.90 Å². The zero-order chi connectivity index (χ0) is 15.9.